The molecule has 0 aromatic rings. The standard InChI is InChI=1S/C63H121NO3/c1-3-5-7-9-11-13-15-17-19-21-22-23-24-25-26-27-28-29-30-31-32-33-34-35-36-37-38-39-40-41-42-43-45-47-49-51-53-55-57-59-63(67)64-61(60-65)62(66)58-56-54-52-50-48-46-44-20-18-16-14-12-10-8-6-4-2/h15,17,21-22,56,58,61-62,65-66H,3-14,16,18-20,23-55,57,59-60H2,1-2H3,(H,64,67)/b17-15-,22-21-,58-56+. The molecule has 0 aliphatic rings. The zero-order valence-corrected chi connectivity index (χ0v) is 45.7. The van der Waals surface area contributed by atoms with E-state index in [0.717, 1.165) is 32.1 Å². The average molecular weight is 941 g/mol. The van der Waals surface area contributed by atoms with Crippen LogP contribution in [0.4, 0.5) is 0 Å². The van der Waals surface area contributed by atoms with E-state index in [1.54, 1.807) is 6.08 Å². The molecule has 0 aliphatic carbocycles. The highest BCUT2D eigenvalue weighted by Crippen LogP contribution is 2.18. The van der Waals surface area contributed by atoms with Crippen molar-refractivity contribution in [3.63, 3.8) is 0 Å². The number of allylic oxidation sites excluding steroid dienone is 5. The molecule has 0 aliphatic heterocycles. The number of unbranched alkanes of at least 4 members (excludes halogenated alkanes) is 46. The summed E-state index contributed by atoms with van der Waals surface area (Å²) in [6, 6.07) is -0.619. The minimum atomic E-state index is -0.837. The molecule has 0 spiro atoms. The van der Waals surface area contributed by atoms with Crippen molar-refractivity contribution in [1.82, 2.24) is 5.32 Å². The molecular formula is C63H121NO3. The van der Waals surface area contributed by atoms with Gasteiger partial charge in [0, 0.05) is 6.42 Å². The number of nitrogens with one attached hydrogen (secondary N) is 1. The highest BCUT2D eigenvalue weighted by molar-refractivity contribution is 5.76. The second-order valence-corrected chi connectivity index (χ2v) is 21.1. The lowest BCUT2D eigenvalue weighted by Gasteiger charge is -2.20. The summed E-state index contributed by atoms with van der Waals surface area (Å²) in [6.07, 6.45) is 80.6. The van der Waals surface area contributed by atoms with Gasteiger partial charge in [0.05, 0.1) is 18.8 Å². The van der Waals surface area contributed by atoms with Crippen LogP contribution >= 0.6 is 0 Å². The Balaban J connectivity index is 3.38. The second kappa shape index (κ2) is 58.9. The Kier molecular flexibility index (Phi) is 57.7. The van der Waals surface area contributed by atoms with Crippen molar-refractivity contribution in [1.29, 1.82) is 0 Å². The lowest BCUT2D eigenvalue weighted by molar-refractivity contribution is -0.123. The monoisotopic (exact) mass is 940 g/mol. The third-order valence-electron chi connectivity index (χ3n) is 14.4. The Morgan fingerprint density at radius 1 is 0.358 bits per heavy atom. The quantitative estimate of drug-likeness (QED) is 0.0420. The molecule has 0 heterocycles. The van der Waals surface area contributed by atoms with Gasteiger partial charge in [-0.05, 0) is 51.4 Å². The zero-order valence-electron chi connectivity index (χ0n) is 45.7. The molecule has 0 radical (unpaired) electrons. The molecule has 4 heteroatoms. The third kappa shape index (κ3) is 55.4. The molecule has 1 amide bonds. The molecule has 0 aromatic carbocycles. The van der Waals surface area contributed by atoms with Gasteiger partial charge in [0.25, 0.3) is 0 Å². The Morgan fingerprint density at radius 3 is 0.896 bits per heavy atom. The van der Waals surface area contributed by atoms with Crippen LogP contribution < -0.4 is 5.32 Å². The number of hydrogen-bond acceptors (Lipinski definition) is 3. The fraction of sp³-hybridized carbons (Fsp3) is 0.889. The van der Waals surface area contributed by atoms with Crippen molar-refractivity contribution < 1.29 is 15.0 Å². The zero-order chi connectivity index (χ0) is 48.5. The topological polar surface area (TPSA) is 69.6 Å². The number of carbonyl (C=O) groups is 1. The normalized spacial score (nSPS) is 13.0. The van der Waals surface area contributed by atoms with E-state index in [1.807, 2.05) is 6.08 Å². The lowest BCUT2D eigenvalue weighted by Crippen LogP contribution is -2.45. The maximum absolute atomic E-state index is 12.5. The summed E-state index contributed by atoms with van der Waals surface area (Å²) in [5, 5.41) is 23.2. The molecule has 396 valence electrons. The van der Waals surface area contributed by atoms with Crippen LogP contribution in [0.15, 0.2) is 36.5 Å². The van der Waals surface area contributed by atoms with E-state index in [0.29, 0.717) is 6.42 Å². The number of amides is 1. The van der Waals surface area contributed by atoms with Crippen molar-refractivity contribution in [2.24, 2.45) is 0 Å². The first-order valence-electron chi connectivity index (χ1n) is 30.7. The fourth-order valence-corrected chi connectivity index (χ4v) is 9.68. The summed E-state index contributed by atoms with van der Waals surface area (Å²) >= 11 is 0. The smallest absolute Gasteiger partial charge is 0.220 e. The van der Waals surface area contributed by atoms with E-state index < -0.39 is 12.1 Å². The number of hydrogen-bond donors (Lipinski definition) is 3. The lowest BCUT2D eigenvalue weighted by atomic mass is 10.0. The summed E-state index contributed by atoms with van der Waals surface area (Å²) in [4.78, 5) is 12.5. The highest BCUT2D eigenvalue weighted by Gasteiger charge is 2.18. The van der Waals surface area contributed by atoms with Crippen molar-refractivity contribution in [3.05, 3.63) is 36.5 Å². The van der Waals surface area contributed by atoms with Gasteiger partial charge in [-0.25, -0.2) is 0 Å². The van der Waals surface area contributed by atoms with E-state index >= 15 is 0 Å². The predicted molar refractivity (Wildman–Crippen MR) is 299 cm³/mol. The van der Waals surface area contributed by atoms with Crippen LogP contribution in [0.2, 0.25) is 0 Å². The largest absolute Gasteiger partial charge is 0.394 e. The minimum Gasteiger partial charge on any atom is -0.394 e. The Labute approximate surface area is 421 Å². The summed E-state index contributed by atoms with van der Waals surface area (Å²) in [5.41, 5.74) is 0. The van der Waals surface area contributed by atoms with Gasteiger partial charge >= 0.3 is 0 Å². The molecule has 3 N–H and O–H groups in total. The first kappa shape index (κ1) is 65.6. The Hall–Kier alpha value is -1.39. The van der Waals surface area contributed by atoms with E-state index in [-0.39, 0.29) is 12.5 Å². The van der Waals surface area contributed by atoms with Crippen molar-refractivity contribution in [3.8, 4) is 0 Å². The van der Waals surface area contributed by atoms with Gasteiger partial charge in [-0.2, -0.15) is 0 Å². The van der Waals surface area contributed by atoms with Gasteiger partial charge in [0.15, 0.2) is 0 Å². The van der Waals surface area contributed by atoms with E-state index in [9.17, 15) is 15.0 Å². The highest BCUT2D eigenvalue weighted by atomic mass is 16.3. The molecule has 0 saturated carbocycles. The molecule has 2 atom stereocenters. The van der Waals surface area contributed by atoms with Gasteiger partial charge in [-0.1, -0.05) is 320 Å². The summed E-state index contributed by atoms with van der Waals surface area (Å²) in [5.74, 6) is -0.0574. The molecule has 0 saturated heterocycles. The van der Waals surface area contributed by atoms with Crippen molar-refractivity contribution in [2.45, 2.75) is 353 Å². The maximum atomic E-state index is 12.5. The summed E-state index contributed by atoms with van der Waals surface area (Å²) in [7, 11) is 0. The third-order valence-corrected chi connectivity index (χ3v) is 14.4. The van der Waals surface area contributed by atoms with Crippen LogP contribution in [0.3, 0.4) is 0 Å². The predicted octanol–water partition coefficient (Wildman–Crippen LogP) is 20.4. The van der Waals surface area contributed by atoms with Crippen LogP contribution in [-0.4, -0.2) is 34.9 Å². The molecular weight excluding hydrogens is 819 g/mol. The van der Waals surface area contributed by atoms with E-state index in [4.69, 9.17) is 0 Å². The molecule has 0 rings (SSSR count). The first-order chi connectivity index (χ1) is 33.2. The average Bonchev–Trinajstić information content (AvgIpc) is 3.33. The van der Waals surface area contributed by atoms with Gasteiger partial charge in [-0.3, -0.25) is 4.79 Å². The van der Waals surface area contributed by atoms with Crippen LogP contribution in [0.25, 0.3) is 0 Å². The molecule has 0 fully saturated rings. The fourth-order valence-electron chi connectivity index (χ4n) is 9.68. The Morgan fingerprint density at radius 2 is 0.612 bits per heavy atom. The molecule has 0 aromatic heterocycles. The van der Waals surface area contributed by atoms with Gasteiger partial charge < -0.3 is 15.5 Å². The van der Waals surface area contributed by atoms with Gasteiger partial charge in [-0.15, -0.1) is 0 Å². The molecule has 2 unspecified atom stereocenters. The SMILES string of the molecule is CCCCCCC/C=C\C/C=C\CCCCCCCCCCCCCCCCCCCCCCCCCCCCCC(=O)NC(CO)C(O)/C=C/CCCCCCCCCCCCCCCC. The van der Waals surface area contributed by atoms with Crippen molar-refractivity contribution in [2.75, 3.05) is 6.61 Å². The summed E-state index contributed by atoms with van der Waals surface area (Å²) < 4.78 is 0. The van der Waals surface area contributed by atoms with E-state index in [1.165, 1.54) is 289 Å². The number of aliphatic hydroxyl groups is 2. The maximum Gasteiger partial charge on any atom is 0.220 e. The minimum absolute atomic E-state index is 0.0574. The van der Waals surface area contributed by atoms with Crippen LogP contribution in [0, 0.1) is 0 Å². The van der Waals surface area contributed by atoms with Crippen LogP contribution in [0.5, 0.6) is 0 Å². The van der Waals surface area contributed by atoms with Gasteiger partial charge in [0.1, 0.15) is 0 Å². The Bertz CT molecular complexity index is 1020. The number of carbonyl (C=O) groups excluding carboxylic acids is 1. The summed E-state index contributed by atoms with van der Waals surface area (Å²) in [6.45, 7) is 4.33. The van der Waals surface area contributed by atoms with Gasteiger partial charge in [0.2, 0.25) is 5.91 Å². The number of rotatable bonds is 57. The van der Waals surface area contributed by atoms with Crippen LogP contribution in [0.1, 0.15) is 341 Å². The molecule has 0 bridgehead atoms. The first-order valence-corrected chi connectivity index (χ1v) is 30.7. The number of aliphatic hydroxyl groups excluding tert-OH is 2. The second-order valence-electron chi connectivity index (χ2n) is 21.1. The molecule has 4 nitrogen and oxygen atoms in total. The molecule has 67 heavy (non-hydrogen) atoms. The van der Waals surface area contributed by atoms with Crippen molar-refractivity contribution >= 4 is 5.91 Å². The van der Waals surface area contributed by atoms with Crippen LogP contribution in [-0.2, 0) is 4.79 Å². The van der Waals surface area contributed by atoms with E-state index in [2.05, 4.69) is 43.5 Å².